The molecule has 5 nitrogen and oxygen atoms in total. The first-order valence-corrected chi connectivity index (χ1v) is 8.66. The van der Waals surface area contributed by atoms with Crippen LogP contribution in [0.2, 0.25) is 5.02 Å². The Labute approximate surface area is 154 Å². The molecule has 0 saturated carbocycles. The second-order valence-electron chi connectivity index (χ2n) is 6.13. The van der Waals surface area contributed by atoms with E-state index in [4.69, 9.17) is 16.1 Å². The number of halogens is 2. The number of likely N-dealkylation sites (tertiary alicyclic amines) is 1. The molecule has 0 spiro atoms. The average molecular weight is 372 g/mol. The molecule has 26 heavy (non-hydrogen) atoms. The van der Waals surface area contributed by atoms with Crippen LogP contribution in [0.3, 0.4) is 0 Å². The second kappa shape index (κ2) is 6.88. The number of benzene rings is 2. The van der Waals surface area contributed by atoms with E-state index in [-0.39, 0.29) is 11.9 Å². The van der Waals surface area contributed by atoms with Gasteiger partial charge in [0, 0.05) is 22.7 Å². The molecule has 0 radical (unpaired) electrons. The molecular weight excluding hydrogens is 357 g/mol. The van der Waals surface area contributed by atoms with Gasteiger partial charge in [0.2, 0.25) is 11.7 Å². The van der Waals surface area contributed by atoms with Gasteiger partial charge in [0.05, 0.1) is 0 Å². The van der Waals surface area contributed by atoms with Crippen molar-refractivity contribution < 1.29 is 13.7 Å². The van der Waals surface area contributed by atoms with E-state index < -0.39 is 5.82 Å². The maximum Gasteiger partial charge on any atom is 0.254 e. The Morgan fingerprint density at radius 2 is 2.04 bits per heavy atom. The topological polar surface area (TPSA) is 59.2 Å². The zero-order valence-corrected chi connectivity index (χ0v) is 14.5. The first kappa shape index (κ1) is 16.7. The van der Waals surface area contributed by atoms with Crippen LogP contribution in [-0.4, -0.2) is 27.5 Å². The molecule has 1 unspecified atom stereocenters. The Hall–Kier alpha value is -2.73. The van der Waals surface area contributed by atoms with Crippen molar-refractivity contribution in [3.05, 3.63) is 70.8 Å². The summed E-state index contributed by atoms with van der Waals surface area (Å²) >= 11 is 5.90. The maximum absolute atomic E-state index is 13.4. The van der Waals surface area contributed by atoms with E-state index in [0.717, 1.165) is 18.4 Å². The molecule has 2 aromatic carbocycles. The number of carbonyl (C=O) groups excluding carboxylic acids is 1. The first-order valence-electron chi connectivity index (χ1n) is 8.28. The number of hydrogen-bond donors (Lipinski definition) is 0. The Kier molecular flexibility index (Phi) is 4.42. The molecule has 1 aromatic heterocycles. The van der Waals surface area contributed by atoms with E-state index >= 15 is 0 Å². The van der Waals surface area contributed by atoms with Crippen LogP contribution < -0.4 is 0 Å². The van der Waals surface area contributed by atoms with Crippen molar-refractivity contribution in [2.75, 3.05) is 6.54 Å². The van der Waals surface area contributed by atoms with Crippen molar-refractivity contribution in [1.82, 2.24) is 15.0 Å². The minimum atomic E-state index is -0.436. The summed E-state index contributed by atoms with van der Waals surface area (Å²) in [5.74, 6) is 0.159. The van der Waals surface area contributed by atoms with Crippen LogP contribution in [0, 0.1) is 5.82 Å². The first-order chi connectivity index (χ1) is 12.6. The number of hydrogen-bond acceptors (Lipinski definition) is 4. The SMILES string of the molecule is O=C(c1cccc(F)c1)N1CCCC1c1nc(-c2ccc(Cl)cc2)no1. The van der Waals surface area contributed by atoms with E-state index in [9.17, 15) is 9.18 Å². The third kappa shape index (κ3) is 3.20. The van der Waals surface area contributed by atoms with Gasteiger partial charge < -0.3 is 9.42 Å². The van der Waals surface area contributed by atoms with Crippen molar-refractivity contribution >= 4 is 17.5 Å². The van der Waals surface area contributed by atoms with Crippen molar-refractivity contribution in [1.29, 1.82) is 0 Å². The minimum Gasteiger partial charge on any atom is -0.337 e. The van der Waals surface area contributed by atoms with Gasteiger partial charge in [-0.05, 0) is 55.3 Å². The highest BCUT2D eigenvalue weighted by Crippen LogP contribution is 2.33. The molecule has 1 atom stereocenters. The summed E-state index contributed by atoms with van der Waals surface area (Å²) in [6.07, 6.45) is 1.55. The van der Waals surface area contributed by atoms with Gasteiger partial charge in [0.15, 0.2) is 0 Å². The van der Waals surface area contributed by atoms with Gasteiger partial charge in [-0.1, -0.05) is 22.8 Å². The van der Waals surface area contributed by atoms with Crippen LogP contribution in [0.4, 0.5) is 4.39 Å². The molecule has 0 N–H and O–H groups in total. The molecule has 1 aliphatic rings. The van der Waals surface area contributed by atoms with Gasteiger partial charge >= 0.3 is 0 Å². The zero-order valence-electron chi connectivity index (χ0n) is 13.7. The monoisotopic (exact) mass is 371 g/mol. The number of rotatable bonds is 3. The summed E-state index contributed by atoms with van der Waals surface area (Å²) < 4.78 is 18.8. The smallest absolute Gasteiger partial charge is 0.254 e. The Morgan fingerprint density at radius 3 is 2.81 bits per heavy atom. The zero-order chi connectivity index (χ0) is 18.1. The molecule has 7 heteroatoms. The van der Waals surface area contributed by atoms with Gasteiger partial charge in [-0.25, -0.2) is 4.39 Å². The van der Waals surface area contributed by atoms with Gasteiger partial charge in [-0.2, -0.15) is 4.98 Å². The lowest BCUT2D eigenvalue weighted by Gasteiger charge is -2.21. The van der Waals surface area contributed by atoms with Crippen LogP contribution >= 0.6 is 11.6 Å². The summed E-state index contributed by atoms with van der Waals surface area (Å²) in [5.41, 5.74) is 1.10. The molecule has 0 bridgehead atoms. The van der Waals surface area contributed by atoms with Crippen molar-refractivity contribution in [2.45, 2.75) is 18.9 Å². The number of aromatic nitrogens is 2. The number of amides is 1. The quantitative estimate of drug-likeness (QED) is 0.679. The Morgan fingerprint density at radius 1 is 1.23 bits per heavy atom. The summed E-state index contributed by atoms with van der Waals surface area (Å²) in [6, 6.07) is 12.5. The molecule has 1 aliphatic heterocycles. The molecule has 4 rings (SSSR count). The van der Waals surface area contributed by atoms with Crippen LogP contribution in [0.25, 0.3) is 11.4 Å². The van der Waals surface area contributed by atoms with Crippen molar-refractivity contribution in [3.8, 4) is 11.4 Å². The van der Waals surface area contributed by atoms with Crippen LogP contribution in [-0.2, 0) is 0 Å². The second-order valence-corrected chi connectivity index (χ2v) is 6.57. The summed E-state index contributed by atoms with van der Waals surface area (Å²) in [6.45, 7) is 0.568. The van der Waals surface area contributed by atoms with Crippen molar-refractivity contribution in [3.63, 3.8) is 0 Å². The van der Waals surface area contributed by atoms with Crippen LogP contribution in [0.1, 0.15) is 35.1 Å². The van der Waals surface area contributed by atoms with E-state index in [2.05, 4.69) is 10.1 Å². The highest BCUT2D eigenvalue weighted by molar-refractivity contribution is 6.30. The third-order valence-electron chi connectivity index (χ3n) is 4.41. The largest absolute Gasteiger partial charge is 0.337 e. The van der Waals surface area contributed by atoms with Gasteiger partial charge in [0.25, 0.3) is 5.91 Å². The predicted molar refractivity (Wildman–Crippen MR) is 94.2 cm³/mol. The summed E-state index contributed by atoms with van der Waals surface area (Å²) in [4.78, 5) is 18.9. The molecular formula is C19H15ClFN3O2. The summed E-state index contributed by atoms with van der Waals surface area (Å²) in [5, 5.41) is 4.64. The normalized spacial score (nSPS) is 16.8. The van der Waals surface area contributed by atoms with Crippen LogP contribution in [0.5, 0.6) is 0 Å². The average Bonchev–Trinajstić information content (AvgIpc) is 3.31. The Bertz CT molecular complexity index is 942. The van der Waals surface area contributed by atoms with Gasteiger partial charge in [-0.15, -0.1) is 0 Å². The maximum atomic E-state index is 13.4. The molecule has 3 aromatic rings. The molecule has 1 saturated heterocycles. The lowest BCUT2D eigenvalue weighted by atomic mass is 10.1. The highest BCUT2D eigenvalue weighted by Gasteiger charge is 2.34. The summed E-state index contributed by atoms with van der Waals surface area (Å²) in [7, 11) is 0. The molecule has 132 valence electrons. The molecule has 0 aliphatic carbocycles. The minimum absolute atomic E-state index is 0.238. The Balaban J connectivity index is 1.59. The number of carbonyl (C=O) groups is 1. The van der Waals surface area contributed by atoms with E-state index in [1.54, 1.807) is 35.2 Å². The number of nitrogens with zero attached hydrogens (tertiary/aromatic N) is 3. The van der Waals surface area contributed by atoms with E-state index in [1.165, 1.54) is 18.2 Å². The van der Waals surface area contributed by atoms with Crippen LogP contribution in [0.15, 0.2) is 53.1 Å². The highest BCUT2D eigenvalue weighted by atomic mass is 35.5. The molecule has 1 amide bonds. The fourth-order valence-electron chi connectivity index (χ4n) is 3.14. The fourth-order valence-corrected chi connectivity index (χ4v) is 3.27. The predicted octanol–water partition coefficient (Wildman–Crippen LogP) is 4.51. The van der Waals surface area contributed by atoms with Gasteiger partial charge in [0.1, 0.15) is 11.9 Å². The third-order valence-corrected chi connectivity index (χ3v) is 4.67. The van der Waals surface area contributed by atoms with Gasteiger partial charge in [-0.3, -0.25) is 4.79 Å². The van der Waals surface area contributed by atoms with Crippen molar-refractivity contribution in [2.24, 2.45) is 0 Å². The molecule has 2 heterocycles. The fraction of sp³-hybridized carbons (Fsp3) is 0.211. The van der Waals surface area contributed by atoms with E-state index in [0.29, 0.717) is 28.8 Å². The molecule has 1 fully saturated rings. The standard InChI is InChI=1S/C19H15ClFN3O2/c20-14-8-6-12(7-9-14)17-22-18(26-23-17)16-5-2-10-24(16)19(25)13-3-1-4-15(21)11-13/h1,3-4,6-9,11,16H,2,5,10H2. The lowest BCUT2D eigenvalue weighted by Crippen LogP contribution is -2.30. The lowest BCUT2D eigenvalue weighted by molar-refractivity contribution is 0.0709. The van der Waals surface area contributed by atoms with E-state index in [1.807, 2.05) is 0 Å².